The molecule has 0 fully saturated rings. The van der Waals surface area contributed by atoms with Crippen molar-refractivity contribution in [3.05, 3.63) is 63.9 Å². The predicted octanol–water partition coefficient (Wildman–Crippen LogP) is 4.66. The topological polar surface area (TPSA) is 49.3 Å². The van der Waals surface area contributed by atoms with Gasteiger partial charge in [0.1, 0.15) is 5.82 Å². The highest BCUT2D eigenvalue weighted by atomic mass is 35.5. The zero-order chi connectivity index (χ0) is 15.6. The molecule has 0 aromatic heterocycles. The fourth-order valence-corrected chi connectivity index (χ4v) is 2.20. The Morgan fingerprint density at radius 2 is 2.00 bits per heavy atom. The monoisotopic (exact) mass is 307 g/mol. The first-order valence-electron chi connectivity index (χ1n) is 6.44. The van der Waals surface area contributed by atoms with Crippen LogP contribution in [-0.2, 0) is 0 Å². The molecule has 0 aliphatic heterocycles. The summed E-state index contributed by atoms with van der Waals surface area (Å²) in [7, 11) is 0. The van der Waals surface area contributed by atoms with Crippen molar-refractivity contribution in [2.45, 2.75) is 19.9 Å². The van der Waals surface area contributed by atoms with Gasteiger partial charge < -0.3 is 10.4 Å². The molecule has 1 unspecified atom stereocenters. The van der Waals surface area contributed by atoms with Crippen LogP contribution in [0.1, 0.15) is 34.5 Å². The Labute approximate surface area is 127 Å². The summed E-state index contributed by atoms with van der Waals surface area (Å²) < 4.78 is 13.2. The van der Waals surface area contributed by atoms with Crippen LogP contribution in [0.2, 0.25) is 5.02 Å². The largest absolute Gasteiger partial charge is 0.478 e. The van der Waals surface area contributed by atoms with E-state index in [4.69, 9.17) is 16.7 Å². The molecule has 0 aliphatic carbocycles. The number of aryl methyl sites for hydroxylation is 1. The summed E-state index contributed by atoms with van der Waals surface area (Å²) in [5, 5.41) is 12.3. The molecule has 0 radical (unpaired) electrons. The fraction of sp³-hybridized carbons (Fsp3) is 0.188. The van der Waals surface area contributed by atoms with Crippen molar-refractivity contribution in [1.82, 2.24) is 0 Å². The van der Waals surface area contributed by atoms with E-state index >= 15 is 0 Å². The van der Waals surface area contributed by atoms with Crippen LogP contribution in [0.4, 0.5) is 10.1 Å². The highest BCUT2D eigenvalue weighted by Gasteiger charge is 2.11. The number of benzene rings is 2. The zero-order valence-electron chi connectivity index (χ0n) is 11.7. The second-order valence-corrected chi connectivity index (χ2v) is 5.28. The van der Waals surface area contributed by atoms with Crippen LogP contribution in [0.3, 0.4) is 0 Å². The fourth-order valence-electron chi connectivity index (χ4n) is 2.01. The van der Waals surface area contributed by atoms with Crippen molar-refractivity contribution < 1.29 is 14.3 Å². The summed E-state index contributed by atoms with van der Waals surface area (Å²) in [6.45, 7) is 3.79. The molecule has 110 valence electrons. The zero-order valence-corrected chi connectivity index (χ0v) is 12.4. The minimum atomic E-state index is -0.976. The van der Waals surface area contributed by atoms with Crippen molar-refractivity contribution in [3.63, 3.8) is 0 Å². The molecule has 2 N–H and O–H groups in total. The van der Waals surface area contributed by atoms with Crippen LogP contribution in [0.15, 0.2) is 36.4 Å². The molecule has 2 aromatic carbocycles. The molecule has 0 bridgehead atoms. The van der Waals surface area contributed by atoms with Gasteiger partial charge in [-0.1, -0.05) is 23.7 Å². The first-order valence-corrected chi connectivity index (χ1v) is 6.81. The number of anilines is 1. The van der Waals surface area contributed by atoms with E-state index < -0.39 is 11.8 Å². The van der Waals surface area contributed by atoms with Crippen LogP contribution in [0.25, 0.3) is 0 Å². The van der Waals surface area contributed by atoms with E-state index in [9.17, 15) is 9.18 Å². The molecule has 0 saturated carbocycles. The van der Waals surface area contributed by atoms with E-state index in [0.29, 0.717) is 0 Å². The molecule has 3 nitrogen and oxygen atoms in total. The van der Waals surface area contributed by atoms with E-state index in [1.807, 2.05) is 13.8 Å². The lowest BCUT2D eigenvalue weighted by atomic mass is 10.1. The number of hydrogen-bond acceptors (Lipinski definition) is 2. The third-order valence-corrected chi connectivity index (χ3v) is 3.59. The van der Waals surface area contributed by atoms with Gasteiger partial charge in [-0.15, -0.1) is 0 Å². The lowest BCUT2D eigenvalue weighted by molar-refractivity contribution is 0.0697. The Balaban J connectivity index is 2.26. The Kier molecular flexibility index (Phi) is 4.48. The van der Waals surface area contributed by atoms with E-state index in [0.717, 1.165) is 16.8 Å². The number of carboxylic acids is 1. The maximum atomic E-state index is 13.2. The van der Waals surface area contributed by atoms with Gasteiger partial charge in [-0.05, 0) is 49.2 Å². The lowest BCUT2D eigenvalue weighted by Crippen LogP contribution is -2.09. The van der Waals surface area contributed by atoms with E-state index in [1.165, 1.54) is 6.07 Å². The van der Waals surface area contributed by atoms with Crippen LogP contribution in [0, 0.1) is 12.7 Å². The number of nitrogens with one attached hydrogen (secondary N) is 1. The summed E-state index contributed by atoms with van der Waals surface area (Å²) >= 11 is 5.78. The van der Waals surface area contributed by atoms with Gasteiger partial charge in [-0.2, -0.15) is 0 Å². The molecular weight excluding hydrogens is 293 g/mol. The second kappa shape index (κ2) is 6.14. The number of aromatic carboxylic acids is 1. The maximum Gasteiger partial charge on any atom is 0.335 e. The molecule has 0 amide bonds. The van der Waals surface area contributed by atoms with Crippen molar-refractivity contribution in [2.24, 2.45) is 0 Å². The normalized spacial score (nSPS) is 12.0. The highest BCUT2D eigenvalue weighted by molar-refractivity contribution is 6.30. The molecule has 0 saturated heterocycles. The summed E-state index contributed by atoms with van der Waals surface area (Å²) in [4.78, 5) is 11.0. The molecule has 5 heteroatoms. The Morgan fingerprint density at radius 1 is 1.29 bits per heavy atom. The van der Waals surface area contributed by atoms with Gasteiger partial charge in [0.2, 0.25) is 0 Å². The van der Waals surface area contributed by atoms with Gasteiger partial charge in [-0.3, -0.25) is 0 Å². The SMILES string of the molecule is Cc1ccc(C(=O)O)cc1NC(C)c1ccc(F)c(Cl)c1. The third-order valence-electron chi connectivity index (χ3n) is 3.30. The number of carboxylic acid groups (broad SMARTS) is 1. The summed E-state index contributed by atoms with van der Waals surface area (Å²) in [5.41, 5.74) is 2.69. The first kappa shape index (κ1) is 15.3. The summed E-state index contributed by atoms with van der Waals surface area (Å²) in [6.07, 6.45) is 0. The number of halogens is 2. The van der Waals surface area contributed by atoms with Crippen molar-refractivity contribution >= 4 is 23.3 Å². The average molecular weight is 308 g/mol. The van der Waals surface area contributed by atoms with Gasteiger partial charge in [0.25, 0.3) is 0 Å². The van der Waals surface area contributed by atoms with Gasteiger partial charge in [0, 0.05) is 11.7 Å². The van der Waals surface area contributed by atoms with Gasteiger partial charge in [-0.25, -0.2) is 9.18 Å². The first-order chi connectivity index (χ1) is 9.88. The summed E-state index contributed by atoms with van der Waals surface area (Å²) in [6, 6.07) is 9.28. The van der Waals surface area contributed by atoms with E-state index in [-0.39, 0.29) is 16.6 Å². The standard InChI is InChI=1S/C16H15ClFNO2/c1-9-3-4-12(16(20)21)8-15(9)19-10(2)11-5-6-14(18)13(17)7-11/h3-8,10,19H,1-2H3,(H,20,21). The molecule has 21 heavy (non-hydrogen) atoms. The Hall–Kier alpha value is -2.07. The van der Waals surface area contributed by atoms with Crippen molar-refractivity contribution in [3.8, 4) is 0 Å². The van der Waals surface area contributed by atoms with Gasteiger partial charge in [0.15, 0.2) is 0 Å². The molecule has 2 rings (SSSR count). The number of rotatable bonds is 4. The maximum absolute atomic E-state index is 13.2. The Bertz CT molecular complexity index is 688. The lowest BCUT2D eigenvalue weighted by Gasteiger charge is -2.18. The molecule has 0 heterocycles. The number of hydrogen-bond donors (Lipinski definition) is 2. The van der Waals surface area contributed by atoms with Crippen molar-refractivity contribution in [2.75, 3.05) is 5.32 Å². The van der Waals surface area contributed by atoms with Crippen LogP contribution < -0.4 is 5.32 Å². The van der Waals surface area contributed by atoms with Crippen LogP contribution in [0.5, 0.6) is 0 Å². The quantitative estimate of drug-likeness (QED) is 0.863. The van der Waals surface area contributed by atoms with Crippen LogP contribution in [-0.4, -0.2) is 11.1 Å². The molecular formula is C16H15ClFNO2. The second-order valence-electron chi connectivity index (χ2n) is 4.87. The van der Waals surface area contributed by atoms with Gasteiger partial charge >= 0.3 is 5.97 Å². The average Bonchev–Trinajstić information content (AvgIpc) is 2.43. The Morgan fingerprint density at radius 3 is 2.62 bits per heavy atom. The summed E-state index contributed by atoms with van der Waals surface area (Å²) in [5.74, 6) is -1.44. The molecule has 0 aliphatic rings. The van der Waals surface area contributed by atoms with E-state index in [1.54, 1.807) is 30.3 Å². The molecule has 0 spiro atoms. The smallest absolute Gasteiger partial charge is 0.335 e. The highest BCUT2D eigenvalue weighted by Crippen LogP contribution is 2.26. The minimum absolute atomic E-state index is 0.0668. The third kappa shape index (κ3) is 3.52. The van der Waals surface area contributed by atoms with Crippen LogP contribution >= 0.6 is 11.6 Å². The van der Waals surface area contributed by atoms with E-state index in [2.05, 4.69) is 5.32 Å². The van der Waals surface area contributed by atoms with Crippen molar-refractivity contribution in [1.29, 1.82) is 0 Å². The predicted molar refractivity (Wildman–Crippen MR) is 81.6 cm³/mol. The molecule has 1 atom stereocenters. The van der Waals surface area contributed by atoms with Gasteiger partial charge in [0.05, 0.1) is 10.6 Å². The number of carbonyl (C=O) groups is 1. The minimum Gasteiger partial charge on any atom is -0.478 e. The molecule has 2 aromatic rings.